The first-order chi connectivity index (χ1) is 19.2. The Morgan fingerprint density at radius 3 is 2.46 bits per heavy atom. The molecule has 0 unspecified atom stereocenters. The number of aromatic nitrogens is 7. The van der Waals surface area contributed by atoms with Gasteiger partial charge in [0, 0.05) is 46.9 Å². The molecule has 7 aromatic rings. The number of nitrogens with one attached hydrogen (secondary N) is 3. The maximum absolute atomic E-state index is 12.6. The van der Waals surface area contributed by atoms with Gasteiger partial charge >= 0.3 is 0 Å². The summed E-state index contributed by atoms with van der Waals surface area (Å²) in [6.45, 7) is 0. The number of benzene rings is 2. The second kappa shape index (κ2) is 9.31. The van der Waals surface area contributed by atoms with Gasteiger partial charge in [-0.15, -0.1) is 0 Å². The van der Waals surface area contributed by atoms with E-state index in [4.69, 9.17) is 4.98 Å². The normalized spacial score (nSPS) is 11.2. The van der Waals surface area contributed by atoms with E-state index >= 15 is 0 Å². The van der Waals surface area contributed by atoms with Crippen molar-refractivity contribution in [3.8, 4) is 33.8 Å². The molecular formula is C30H20N8O. The first-order valence-corrected chi connectivity index (χ1v) is 12.3. The minimum Gasteiger partial charge on any atom is -0.335 e. The smallest absolute Gasteiger partial charge is 0.255 e. The van der Waals surface area contributed by atoms with Crippen molar-refractivity contribution in [3.63, 3.8) is 0 Å². The van der Waals surface area contributed by atoms with Crippen LogP contribution in [0, 0.1) is 0 Å². The summed E-state index contributed by atoms with van der Waals surface area (Å²) in [4.78, 5) is 33.8. The molecule has 2 aromatic carbocycles. The minimum absolute atomic E-state index is 0.187. The fourth-order valence-electron chi connectivity index (χ4n) is 4.62. The van der Waals surface area contributed by atoms with E-state index in [1.165, 1.54) is 0 Å². The summed E-state index contributed by atoms with van der Waals surface area (Å²) in [6, 6.07) is 20.9. The number of amides is 1. The number of imidazole rings is 1. The molecule has 9 nitrogen and oxygen atoms in total. The largest absolute Gasteiger partial charge is 0.335 e. The van der Waals surface area contributed by atoms with Crippen molar-refractivity contribution < 1.29 is 4.79 Å². The first-order valence-electron chi connectivity index (χ1n) is 12.3. The average Bonchev–Trinajstić information content (AvgIpc) is 3.62. The van der Waals surface area contributed by atoms with E-state index in [9.17, 15) is 4.79 Å². The van der Waals surface area contributed by atoms with Gasteiger partial charge in [0.2, 0.25) is 0 Å². The Morgan fingerprint density at radius 1 is 0.744 bits per heavy atom. The number of hydrogen-bond donors (Lipinski definition) is 3. The number of anilines is 1. The van der Waals surface area contributed by atoms with Gasteiger partial charge in [0.25, 0.3) is 5.91 Å². The molecule has 0 aliphatic carbocycles. The fourth-order valence-corrected chi connectivity index (χ4v) is 4.62. The Labute approximate surface area is 222 Å². The number of aromatic amines is 2. The monoisotopic (exact) mass is 508 g/mol. The van der Waals surface area contributed by atoms with Gasteiger partial charge in [0.05, 0.1) is 34.6 Å². The third-order valence-electron chi connectivity index (χ3n) is 6.54. The fraction of sp³-hybridized carbons (Fsp3) is 0. The van der Waals surface area contributed by atoms with Gasteiger partial charge < -0.3 is 10.3 Å². The topological polar surface area (TPSA) is 125 Å². The van der Waals surface area contributed by atoms with Crippen LogP contribution < -0.4 is 5.32 Å². The lowest BCUT2D eigenvalue weighted by atomic mass is 10.0. The van der Waals surface area contributed by atoms with Gasteiger partial charge in [-0.3, -0.25) is 24.8 Å². The van der Waals surface area contributed by atoms with Crippen LogP contribution in [0.25, 0.3) is 55.7 Å². The molecule has 0 bridgehead atoms. The summed E-state index contributed by atoms with van der Waals surface area (Å²) in [6.07, 6.45) is 10.5. The molecule has 39 heavy (non-hydrogen) atoms. The third-order valence-corrected chi connectivity index (χ3v) is 6.54. The second-order valence-corrected chi connectivity index (χ2v) is 9.02. The van der Waals surface area contributed by atoms with Crippen LogP contribution in [0.4, 0.5) is 5.69 Å². The van der Waals surface area contributed by atoms with Crippen molar-refractivity contribution in [1.82, 2.24) is 35.1 Å². The summed E-state index contributed by atoms with van der Waals surface area (Å²) in [5, 5.41) is 11.5. The molecule has 3 N–H and O–H groups in total. The van der Waals surface area contributed by atoms with Gasteiger partial charge in [-0.2, -0.15) is 5.10 Å². The third kappa shape index (κ3) is 4.17. The summed E-state index contributed by atoms with van der Waals surface area (Å²) >= 11 is 0. The highest BCUT2D eigenvalue weighted by atomic mass is 16.1. The predicted octanol–water partition coefficient (Wildman–Crippen LogP) is 5.88. The molecule has 0 spiro atoms. The van der Waals surface area contributed by atoms with E-state index in [1.54, 1.807) is 49.3 Å². The zero-order chi connectivity index (χ0) is 26.2. The molecule has 0 atom stereocenters. The predicted molar refractivity (Wildman–Crippen MR) is 150 cm³/mol. The maximum atomic E-state index is 12.6. The zero-order valence-corrected chi connectivity index (χ0v) is 20.5. The highest BCUT2D eigenvalue weighted by Gasteiger charge is 2.16. The number of pyridine rings is 3. The number of nitrogens with zero attached hydrogens (tertiary/aromatic N) is 5. The highest BCUT2D eigenvalue weighted by molar-refractivity contribution is 6.04. The Kier molecular flexibility index (Phi) is 5.37. The molecule has 0 saturated carbocycles. The maximum Gasteiger partial charge on any atom is 0.255 e. The molecule has 0 saturated heterocycles. The Balaban J connectivity index is 1.25. The molecule has 9 heteroatoms. The van der Waals surface area contributed by atoms with Crippen LogP contribution in [0.2, 0.25) is 0 Å². The molecule has 1 amide bonds. The first kappa shape index (κ1) is 22.5. The lowest BCUT2D eigenvalue weighted by Gasteiger charge is -2.08. The summed E-state index contributed by atoms with van der Waals surface area (Å²) in [5.41, 5.74) is 8.10. The molecule has 5 heterocycles. The zero-order valence-electron chi connectivity index (χ0n) is 20.5. The van der Waals surface area contributed by atoms with E-state index < -0.39 is 0 Å². The van der Waals surface area contributed by atoms with Crippen LogP contribution >= 0.6 is 0 Å². The van der Waals surface area contributed by atoms with Crippen LogP contribution in [0.1, 0.15) is 10.4 Å². The summed E-state index contributed by atoms with van der Waals surface area (Å²) in [7, 11) is 0. The quantitative estimate of drug-likeness (QED) is 0.267. The lowest BCUT2D eigenvalue weighted by molar-refractivity contribution is 0.102. The van der Waals surface area contributed by atoms with Crippen molar-refractivity contribution >= 4 is 33.5 Å². The summed E-state index contributed by atoms with van der Waals surface area (Å²) in [5.74, 6) is 0.450. The standard InChI is InChI=1S/C30H20N8O/c39-30(19-4-2-1-3-5-19)34-22-12-21(14-32-15-22)20-6-7-25-23(13-20)28(38-37-25)29-35-26-17-33-16-24(27(26)36-29)18-8-10-31-11-9-18/h1-17H,(H,34,39)(H,35,36)(H,37,38). The molecule has 186 valence electrons. The lowest BCUT2D eigenvalue weighted by Crippen LogP contribution is -2.11. The van der Waals surface area contributed by atoms with E-state index in [0.717, 1.165) is 44.2 Å². The van der Waals surface area contributed by atoms with Crippen molar-refractivity contribution in [1.29, 1.82) is 0 Å². The number of H-pyrrole nitrogens is 2. The van der Waals surface area contributed by atoms with Crippen LogP contribution in [-0.2, 0) is 0 Å². The number of fused-ring (bicyclic) bond motifs is 2. The molecular weight excluding hydrogens is 488 g/mol. The van der Waals surface area contributed by atoms with E-state index in [1.807, 2.05) is 54.6 Å². The minimum atomic E-state index is -0.187. The van der Waals surface area contributed by atoms with E-state index in [-0.39, 0.29) is 5.91 Å². The number of carbonyl (C=O) groups is 1. The second-order valence-electron chi connectivity index (χ2n) is 9.02. The van der Waals surface area contributed by atoms with Crippen LogP contribution in [0.5, 0.6) is 0 Å². The summed E-state index contributed by atoms with van der Waals surface area (Å²) < 4.78 is 0. The molecule has 0 radical (unpaired) electrons. The number of carbonyl (C=O) groups excluding carboxylic acids is 1. The Hall–Kier alpha value is -5.70. The van der Waals surface area contributed by atoms with E-state index in [2.05, 4.69) is 35.5 Å². The molecule has 5 aromatic heterocycles. The Bertz CT molecular complexity index is 1960. The molecule has 0 aliphatic rings. The van der Waals surface area contributed by atoms with Gasteiger partial charge in [0.15, 0.2) is 5.82 Å². The van der Waals surface area contributed by atoms with E-state index in [0.29, 0.717) is 22.8 Å². The van der Waals surface area contributed by atoms with Gasteiger partial charge in [0.1, 0.15) is 5.69 Å². The van der Waals surface area contributed by atoms with Crippen LogP contribution in [-0.4, -0.2) is 41.0 Å². The van der Waals surface area contributed by atoms with Crippen molar-refractivity contribution in [2.45, 2.75) is 0 Å². The van der Waals surface area contributed by atoms with Crippen molar-refractivity contribution in [2.24, 2.45) is 0 Å². The Morgan fingerprint density at radius 2 is 1.59 bits per heavy atom. The molecule has 7 rings (SSSR count). The highest BCUT2D eigenvalue weighted by Crippen LogP contribution is 2.33. The number of rotatable bonds is 5. The van der Waals surface area contributed by atoms with Crippen molar-refractivity contribution in [3.05, 3.63) is 109 Å². The average molecular weight is 509 g/mol. The molecule has 0 fully saturated rings. The van der Waals surface area contributed by atoms with Crippen molar-refractivity contribution in [2.75, 3.05) is 5.32 Å². The van der Waals surface area contributed by atoms with Gasteiger partial charge in [-0.25, -0.2) is 4.98 Å². The van der Waals surface area contributed by atoms with Gasteiger partial charge in [-0.05, 0) is 53.6 Å². The van der Waals surface area contributed by atoms with Gasteiger partial charge in [-0.1, -0.05) is 24.3 Å². The van der Waals surface area contributed by atoms with Crippen LogP contribution in [0.3, 0.4) is 0 Å². The SMILES string of the molecule is O=C(Nc1cncc(-c2ccc3[nH]nc(-c4nc5c(-c6ccncc6)cncc5[nH]4)c3c2)c1)c1ccccc1. The molecule has 0 aliphatic heterocycles. The van der Waals surface area contributed by atoms with Crippen LogP contribution in [0.15, 0.2) is 104 Å². The number of hydrogen-bond acceptors (Lipinski definition) is 6.